The maximum Gasteiger partial charge on any atom is 0.234 e. The zero-order valence-corrected chi connectivity index (χ0v) is 102. The van der Waals surface area contributed by atoms with Gasteiger partial charge in [0, 0.05) is 231 Å². The highest BCUT2D eigenvalue weighted by molar-refractivity contribution is 14.1. The van der Waals surface area contributed by atoms with Crippen LogP contribution in [0.1, 0.15) is 238 Å². The summed E-state index contributed by atoms with van der Waals surface area (Å²) >= 11 is 11.9. The highest BCUT2D eigenvalue weighted by Crippen LogP contribution is 2.27. The molecule has 42 nitrogen and oxygen atoms in total. The third-order valence-electron chi connectivity index (χ3n) is 24.9. The first kappa shape index (κ1) is 141. The van der Waals surface area contributed by atoms with Crippen molar-refractivity contribution in [1.82, 2.24) is 125 Å². The fourth-order valence-corrected chi connectivity index (χ4v) is 18.1. The van der Waals surface area contributed by atoms with Crippen molar-refractivity contribution in [3.8, 4) is 0 Å². The minimum atomic E-state index is -0.126. The Bertz CT molecular complexity index is 3290. The van der Waals surface area contributed by atoms with Crippen LogP contribution in [0.3, 0.4) is 0 Å². The van der Waals surface area contributed by atoms with Crippen LogP contribution in [-0.4, -0.2) is 393 Å². The summed E-state index contributed by atoms with van der Waals surface area (Å²) in [7, 11) is 3.39. The Morgan fingerprint density at radius 2 is 0.299 bits per heavy atom. The molecular formula is C96H178I6N24O18. The largest absolute Gasteiger partial charge is 0.358 e. The molecular weight excluding hydrogens is 2570 g/mol. The van der Waals surface area contributed by atoms with E-state index in [9.17, 15) is 86.3 Å². The van der Waals surface area contributed by atoms with E-state index in [1.165, 1.54) is 78.1 Å². The average molecular weight is 2750 g/mol. The normalized spacial score (nSPS) is 20.9. The van der Waals surface area contributed by atoms with Crippen molar-refractivity contribution < 1.29 is 86.3 Å². The molecule has 0 aromatic heterocycles. The molecule has 12 atom stereocenters. The van der Waals surface area contributed by atoms with Gasteiger partial charge in [-0.3, -0.25) is 116 Å². The zero-order chi connectivity index (χ0) is 109. The molecule has 0 aromatic carbocycles. The summed E-state index contributed by atoms with van der Waals surface area (Å²) < 4.78 is 2.55. The first-order valence-electron chi connectivity index (χ1n) is 50.9. The summed E-state index contributed by atoms with van der Waals surface area (Å²) in [5.74, 6) is -0.704. The Morgan fingerprint density at radius 3 is 0.424 bits per heavy atom. The maximum atomic E-state index is 12.0. The molecule has 0 bridgehead atoms. The van der Waals surface area contributed by atoms with E-state index in [2.05, 4.69) is 208 Å². The molecule has 12 unspecified atom stereocenters. The van der Waals surface area contributed by atoms with Crippen molar-refractivity contribution in [2.45, 2.75) is 311 Å². The Kier molecular flexibility index (Phi) is 86.2. The van der Waals surface area contributed by atoms with Crippen molar-refractivity contribution in [3.05, 3.63) is 0 Å². The molecule has 832 valence electrons. The number of nitrogens with zero attached hydrogens (tertiary/aromatic N) is 6. The number of alkyl halides is 6. The van der Waals surface area contributed by atoms with Gasteiger partial charge in [-0.25, -0.2) is 0 Å². The molecule has 0 aromatic rings. The molecule has 48 heteroatoms. The first-order chi connectivity index (χ1) is 68.4. The Labute approximate surface area is 939 Å². The van der Waals surface area contributed by atoms with E-state index in [4.69, 9.17) is 0 Å². The van der Waals surface area contributed by atoms with Crippen LogP contribution >= 0.6 is 136 Å². The van der Waals surface area contributed by atoms with Gasteiger partial charge in [0.05, 0.1) is 65.8 Å². The van der Waals surface area contributed by atoms with E-state index in [1.807, 2.05) is 136 Å². The van der Waals surface area contributed by atoms with Crippen molar-refractivity contribution >= 4 is 242 Å². The van der Waals surface area contributed by atoms with Crippen LogP contribution in [0.25, 0.3) is 0 Å². The van der Waals surface area contributed by atoms with Gasteiger partial charge >= 0.3 is 0 Å². The average Bonchev–Trinajstić information content (AvgIpc) is 0.882. The number of carbonyl (C=O) groups excluding carboxylic acids is 18. The predicted octanol–water partition coefficient (Wildman–Crippen LogP) is 3.03. The van der Waals surface area contributed by atoms with Crippen LogP contribution < -0.4 is 95.7 Å². The van der Waals surface area contributed by atoms with Crippen LogP contribution in [0.15, 0.2) is 0 Å². The van der Waals surface area contributed by atoms with Gasteiger partial charge in [-0.05, 0) is 160 Å². The Hall–Kier alpha value is -5.40. The van der Waals surface area contributed by atoms with Crippen molar-refractivity contribution in [2.24, 2.45) is 0 Å². The lowest BCUT2D eigenvalue weighted by Gasteiger charge is -2.38. The van der Waals surface area contributed by atoms with Crippen LogP contribution in [0.5, 0.6) is 0 Å². The second-order valence-corrected chi connectivity index (χ2v) is 41.4. The molecule has 0 radical (unpaired) electrons. The lowest BCUT2D eigenvalue weighted by atomic mass is 9.98. The lowest BCUT2D eigenvalue weighted by Crippen LogP contribution is -2.49. The predicted molar refractivity (Wildman–Crippen MR) is 616 cm³/mol. The number of nitrogens with one attached hydrogen (secondary N) is 18. The summed E-state index contributed by atoms with van der Waals surface area (Å²) in [6.07, 6.45) is 22.4. The molecule has 6 aliphatic heterocycles. The number of halogens is 6. The van der Waals surface area contributed by atoms with Crippen molar-refractivity contribution in [1.29, 1.82) is 0 Å². The number of hydrogen-bond acceptors (Lipinski definition) is 24. The summed E-state index contributed by atoms with van der Waals surface area (Å²) in [5.41, 5.74) is 0. The number of likely N-dealkylation sites (tertiary alicyclic amines) is 6. The molecule has 18 amide bonds. The third kappa shape index (κ3) is 73.7. The molecule has 6 fully saturated rings. The van der Waals surface area contributed by atoms with E-state index < -0.39 is 0 Å². The minimum Gasteiger partial charge on any atom is -0.358 e. The molecule has 6 saturated heterocycles. The van der Waals surface area contributed by atoms with Gasteiger partial charge in [0.25, 0.3) is 0 Å². The molecule has 0 saturated carbocycles. The first-order valence-corrected chi connectivity index (χ1v) is 60.1. The lowest BCUT2D eigenvalue weighted by molar-refractivity contribution is -0.125. The fraction of sp³-hybridized carbons (Fsp3) is 0.812. The van der Waals surface area contributed by atoms with Gasteiger partial charge in [0.2, 0.25) is 106 Å². The standard InChI is InChI=1S/4C16H29IN4O3.2C10H20N2O.2C6H11IN2O2/c4*1-12-4-3-5-13(2)21(12)11-16(24)18-7-6-14(22)19-8-9-20-15(23)10-17;2*1-8-5-4-6-9(2)12(8)7-10(13)11-3;2*1-5(10)8-2-3-9-6(11)4-7/h4*12-13H,3-11H2,1-2H3,(H,18,24)(H,19,22)(H,20,23);2*8-9H,4-7H2,1-3H3,(H,11,13);2*2-4H2,1H3,(H,8,10)(H,9,11)/i1+1,2+1,12+1,13+1,21+1;1+1,2+1,12+1,13+1,18+1;1+1,2+1,7+1,16+1,21+1;1+1,2+1,7+1,16+1,18+1;3+1,10+1,11+1,12+1;3+1,10+1,11+1;2*1+1,5+1. The molecule has 0 aliphatic carbocycles. The molecule has 18 N–H and O–H groups in total. The number of hydrogen-bond donors (Lipinski definition) is 18. The van der Waals surface area contributed by atoms with Crippen LogP contribution in [0.2, 0.25) is 0 Å². The highest BCUT2D eigenvalue weighted by atomic mass is 127. The topological polar surface area (TPSA) is 543 Å². The van der Waals surface area contributed by atoms with Gasteiger partial charge in [-0.15, -0.1) is 0 Å². The van der Waals surface area contributed by atoms with Gasteiger partial charge in [0.15, 0.2) is 0 Å². The molecule has 6 aliphatic rings. The van der Waals surface area contributed by atoms with Crippen LogP contribution in [-0.2, 0) is 86.3 Å². The molecule has 6 rings (SSSR count). The van der Waals surface area contributed by atoms with Gasteiger partial charge in [-0.1, -0.05) is 174 Å². The van der Waals surface area contributed by atoms with E-state index in [0.717, 1.165) is 51.4 Å². The van der Waals surface area contributed by atoms with E-state index in [0.29, 0.717) is 243 Å². The van der Waals surface area contributed by atoms with Gasteiger partial charge < -0.3 is 95.7 Å². The smallest absolute Gasteiger partial charge is 0.234 e. The monoisotopic (exact) mass is 2750 g/mol. The van der Waals surface area contributed by atoms with E-state index in [1.54, 1.807) is 14.1 Å². The third-order valence-corrected chi connectivity index (χ3v) is 29.1. The zero-order valence-electron chi connectivity index (χ0n) is 88.6. The Balaban J connectivity index is 0. The second kappa shape index (κ2) is 88.2. The van der Waals surface area contributed by atoms with Gasteiger partial charge in [-0.2, -0.15) is 0 Å². The van der Waals surface area contributed by atoms with Crippen LogP contribution in [0, 0.1) is 0 Å². The number of piperidine rings is 6. The molecule has 6 heterocycles. The molecule has 144 heavy (non-hydrogen) atoms. The summed E-state index contributed by atoms with van der Waals surface area (Å²) in [6, 6.07) is 5.67. The number of carbonyl (C=O) groups is 18. The van der Waals surface area contributed by atoms with Crippen molar-refractivity contribution in [2.75, 3.05) is 185 Å². The SMILES string of the molecule is CC1CCCC(C)N1C[13C](=O)[15NH][13CH3].CC1CCCC(C)[15N]1C[13C](=O)[15NH][13CH3].[13CH3]C1CCCC([13CH3])N1C[13C](=O)[15NH][13CH2]CC(=O)NCCNC(=O)CI.[13CH3]C1CCCC([13CH3])[15N]1C[13C](=O)N[13CH2]CC(=O)NCCNC(=O)CI.[13CH3][13CH]1CCC[13CH]([13CH3])N1CC(=O)[15NH]CCC(=O)NCCNC(=O)CI.[13CH3][13CH]1CCC[13CH]([13CH3])[15N]1CC(=O)NCCC(=O)NCCNC(=O)CI.[13CH3][13C](=O)NCCNC(=O)CI.[13CH3][13C](=O)NCCNC(=O)CI. The fourth-order valence-electron chi connectivity index (χ4n) is 16.5. The van der Waals surface area contributed by atoms with E-state index >= 15 is 0 Å². The van der Waals surface area contributed by atoms with Crippen molar-refractivity contribution in [3.63, 3.8) is 0 Å². The maximum absolute atomic E-state index is 12.0. The van der Waals surface area contributed by atoms with Gasteiger partial charge in [0.1, 0.15) is 0 Å². The summed E-state index contributed by atoms with van der Waals surface area (Å²) in [6.45, 7) is 38.3. The quantitative estimate of drug-likeness (QED) is 0.0137. The number of rotatable bonds is 48. The van der Waals surface area contributed by atoms with Crippen LogP contribution in [0.4, 0.5) is 0 Å². The number of amides is 18. The summed E-state index contributed by atoms with van der Waals surface area (Å²) in [5, 5.41) is 48.5. The highest BCUT2D eigenvalue weighted by Gasteiger charge is 2.32. The summed E-state index contributed by atoms with van der Waals surface area (Å²) in [4.78, 5) is 217. The van der Waals surface area contributed by atoms with E-state index in [-0.39, 0.29) is 132 Å². The molecule has 0 spiro atoms. The Morgan fingerprint density at radius 1 is 0.181 bits per heavy atom. The second-order valence-electron chi connectivity index (χ2n) is 36.8. The number of likely N-dealkylation sites (N-methyl/N-ethyl adjacent to an activating group) is 2. The minimum absolute atomic E-state index is 0.00375.